The Balaban J connectivity index is 0.00000462. The Kier molecular flexibility index (Phi) is 10.0. The van der Waals surface area contributed by atoms with Gasteiger partial charge in [-0.2, -0.15) is 0 Å². The first kappa shape index (κ1) is 31.1. The topological polar surface area (TPSA) is 217 Å². The highest BCUT2D eigenvalue weighted by Gasteiger charge is 2.54. The average molecular weight is 625 g/mol. The number of nitro groups is 1. The number of oxime groups is 1. The van der Waals surface area contributed by atoms with Crippen LogP contribution in [0.2, 0.25) is 0 Å². The van der Waals surface area contributed by atoms with Crippen LogP contribution in [-0.2, 0) is 35.4 Å². The number of carboxylic acid groups (broad SMARTS) is 1. The van der Waals surface area contributed by atoms with Crippen molar-refractivity contribution in [1.82, 2.24) is 15.2 Å². The minimum atomic E-state index is -1.28. The number of carbonyl (C=O) groups excluding carboxylic acids is 3. The average Bonchev–Trinajstić information content (AvgIpc) is 3.37. The number of β-lactam (4-membered cyclic amide) rings is 1. The number of thiazole rings is 1. The zero-order chi connectivity index (χ0) is 29.0. The van der Waals surface area contributed by atoms with E-state index in [9.17, 15) is 34.4 Å². The number of benzene rings is 1. The number of aromatic nitrogens is 1. The number of fused-ring (bicyclic) bond motifs is 1. The number of aliphatic carboxylic acids is 1. The molecule has 2 aromatic rings. The van der Waals surface area contributed by atoms with Crippen molar-refractivity contribution in [2.75, 3.05) is 18.1 Å². The summed E-state index contributed by atoms with van der Waals surface area (Å²) in [5.74, 6) is -3.34. The van der Waals surface area contributed by atoms with Crippen LogP contribution in [0.3, 0.4) is 0 Å². The molecular weight excluding hydrogens is 604 g/mol. The molecule has 1 aromatic carbocycles. The number of anilines is 1. The quantitative estimate of drug-likeness (QED) is 0.106. The maximum atomic E-state index is 13.1. The number of rotatable bonds is 11. The number of carbonyl (C=O) groups is 4. The van der Waals surface area contributed by atoms with Crippen molar-refractivity contribution >= 4 is 75.8 Å². The van der Waals surface area contributed by atoms with E-state index in [-0.39, 0.29) is 52.7 Å². The lowest BCUT2D eigenvalue weighted by atomic mass is 10.0. The molecule has 1 fully saturated rings. The number of amides is 2. The summed E-state index contributed by atoms with van der Waals surface area (Å²) in [4.78, 5) is 69.9. The molecule has 4 rings (SSSR count). The lowest BCUT2D eigenvalue weighted by Gasteiger charge is -2.49. The number of non-ortho nitro benzene ring substituents is 1. The smallest absolute Gasteiger partial charge is 0.352 e. The lowest BCUT2D eigenvalue weighted by Crippen LogP contribution is -2.71. The Morgan fingerprint density at radius 2 is 2.05 bits per heavy atom. The first-order valence-electron chi connectivity index (χ1n) is 11.3. The predicted octanol–water partition coefficient (Wildman–Crippen LogP) is 1.44. The number of nitrogens with one attached hydrogen (secondary N) is 1. The molecule has 0 bridgehead atoms. The standard InChI is InChI=1S/C23H20N6O9S2.ClH/c1-2-12-9-39-21-17(20(32)28(21)18(12)22(33)34)26-19(31)16(14-10-40-23(24)25-14)27-38-8-15(30)37-7-11-3-5-13(6-4-11)29(35)36;/h2-6,10,17,21H,1,7-9H2,(H2,24,25)(H,26,31)(H,33,34);1H/t17?,21-;/m0./s1. The van der Waals surface area contributed by atoms with Crippen molar-refractivity contribution in [2.45, 2.75) is 18.0 Å². The van der Waals surface area contributed by atoms with E-state index in [1.54, 1.807) is 0 Å². The number of nitrogens with two attached hydrogens (primary N) is 1. The molecule has 3 heterocycles. The van der Waals surface area contributed by atoms with Gasteiger partial charge in [0.25, 0.3) is 17.5 Å². The van der Waals surface area contributed by atoms with Crippen molar-refractivity contribution in [3.05, 3.63) is 74.9 Å². The zero-order valence-electron chi connectivity index (χ0n) is 20.8. The van der Waals surface area contributed by atoms with E-state index in [1.807, 2.05) is 0 Å². The van der Waals surface area contributed by atoms with Crippen LogP contribution in [-0.4, -0.2) is 73.2 Å². The van der Waals surface area contributed by atoms with Crippen LogP contribution in [0.4, 0.5) is 10.8 Å². The number of halogens is 1. The molecule has 0 saturated carbocycles. The van der Waals surface area contributed by atoms with Crippen molar-refractivity contribution < 1.29 is 38.8 Å². The largest absolute Gasteiger partial charge is 0.477 e. The minimum absolute atomic E-state index is 0. The van der Waals surface area contributed by atoms with Gasteiger partial charge in [0.05, 0.1) is 4.92 Å². The van der Waals surface area contributed by atoms with Crippen molar-refractivity contribution in [2.24, 2.45) is 5.16 Å². The fourth-order valence-corrected chi connectivity index (χ4v) is 5.57. The fourth-order valence-electron chi connectivity index (χ4n) is 3.68. The summed E-state index contributed by atoms with van der Waals surface area (Å²) in [6.07, 6.45) is 1.37. The molecule has 2 amide bonds. The number of thioether (sulfide) groups is 1. The molecule has 1 aromatic heterocycles. The fraction of sp³-hybridized carbons (Fsp3) is 0.217. The first-order valence-corrected chi connectivity index (χ1v) is 13.2. The van der Waals surface area contributed by atoms with Crippen LogP contribution >= 0.6 is 35.5 Å². The Labute approximate surface area is 245 Å². The Morgan fingerprint density at radius 1 is 1.34 bits per heavy atom. The third-order valence-corrected chi connectivity index (χ3v) is 7.57. The lowest BCUT2D eigenvalue weighted by molar-refractivity contribution is -0.384. The van der Waals surface area contributed by atoms with Gasteiger partial charge >= 0.3 is 11.9 Å². The SMILES string of the molecule is C=CC1=C(C(=O)O)N2C(=O)C(NC(=O)C(=NOCC(=O)OCc3ccc([N+](=O)[O-])cc3)c3csc(N)n3)[C@@H]2SC1.Cl. The third kappa shape index (κ3) is 6.82. The van der Waals surface area contributed by atoms with E-state index in [0.717, 1.165) is 16.2 Å². The zero-order valence-corrected chi connectivity index (χ0v) is 23.2. The van der Waals surface area contributed by atoms with Crippen molar-refractivity contribution in [1.29, 1.82) is 0 Å². The molecular formula is C23H21ClN6O9S2. The molecule has 0 aliphatic carbocycles. The third-order valence-electron chi connectivity index (χ3n) is 5.60. The molecule has 2 atom stereocenters. The Morgan fingerprint density at radius 3 is 2.63 bits per heavy atom. The summed E-state index contributed by atoms with van der Waals surface area (Å²) in [5.41, 5.74) is 5.91. The molecule has 4 N–H and O–H groups in total. The van der Waals surface area contributed by atoms with Gasteiger partial charge in [0.15, 0.2) is 10.8 Å². The second kappa shape index (κ2) is 13.2. The van der Waals surface area contributed by atoms with Gasteiger partial charge in [0.1, 0.15) is 29.4 Å². The predicted molar refractivity (Wildman–Crippen MR) is 149 cm³/mol. The number of ether oxygens (including phenoxy) is 1. The van der Waals surface area contributed by atoms with Gasteiger partial charge in [0, 0.05) is 23.3 Å². The van der Waals surface area contributed by atoms with Crippen LogP contribution in [0, 0.1) is 10.1 Å². The Bertz CT molecular complexity index is 1460. The van der Waals surface area contributed by atoms with Crippen molar-refractivity contribution in [3.63, 3.8) is 0 Å². The van der Waals surface area contributed by atoms with E-state index < -0.39 is 46.7 Å². The van der Waals surface area contributed by atoms with Gasteiger partial charge in [-0.05, 0) is 23.3 Å². The molecule has 2 aliphatic rings. The maximum Gasteiger partial charge on any atom is 0.352 e. The summed E-state index contributed by atoms with van der Waals surface area (Å²) in [6, 6.07) is 4.35. The number of nitrogen functional groups attached to an aromatic ring is 1. The number of carboxylic acids is 1. The van der Waals surface area contributed by atoms with E-state index in [1.165, 1.54) is 47.5 Å². The van der Waals surface area contributed by atoms with E-state index in [2.05, 4.69) is 22.0 Å². The number of hydrogen-bond acceptors (Lipinski definition) is 13. The highest BCUT2D eigenvalue weighted by atomic mass is 35.5. The number of nitrogens with zero attached hydrogens (tertiary/aromatic N) is 4. The second-order valence-electron chi connectivity index (χ2n) is 8.11. The molecule has 2 aliphatic heterocycles. The van der Waals surface area contributed by atoms with Gasteiger partial charge in [-0.3, -0.25) is 24.6 Å². The number of hydrogen-bond donors (Lipinski definition) is 3. The second-order valence-corrected chi connectivity index (χ2v) is 10.1. The van der Waals surface area contributed by atoms with E-state index >= 15 is 0 Å². The monoisotopic (exact) mass is 624 g/mol. The molecule has 0 radical (unpaired) electrons. The molecule has 18 heteroatoms. The number of allylic oxidation sites excluding steroid dienone is 1. The van der Waals surface area contributed by atoms with Gasteiger partial charge in [0.2, 0.25) is 6.61 Å². The highest BCUT2D eigenvalue weighted by Crippen LogP contribution is 2.40. The minimum Gasteiger partial charge on any atom is -0.477 e. The molecule has 41 heavy (non-hydrogen) atoms. The van der Waals surface area contributed by atoms with E-state index in [4.69, 9.17) is 15.3 Å². The summed E-state index contributed by atoms with van der Waals surface area (Å²) < 4.78 is 5.04. The van der Waals surface area contributed by atoms with E-state index in [0.29, 0.717) is 11.1 Å². The summed E-state index contributed by atoms with van der Waals surface area (Å²) in [6.45, 7) is 2.72. The summed E-state index contributed by atoms with van der Waals surface area (Å²) in [5, 5.41) is 27.4. The highest BCUT2D eigenvalue weighted by molar-refractivity contribution is 8.00. The van der Waals surface area contributed by atoms with Crippen LogP contribution in [0.1, 0.15) is 11.3 Å². The van der Waals surface area contributed by atoms with Crippen LogP contribution in [0.5, 0.6) is 0 Å². The normalized spacial score (nSPS) is 17.9. The van der Waals surface area contributed by atoms with Crippen LogP contribution < -0.4 is 11.1 Å². The van der Waals surface area contributed by atoms with Gasteiger partial charge in [-0.25, -0.2) is 14.6 Å². The van der Waals surface area contributed by atoms with Crippen molar-refractivity contribution in [3.8, 4) is 0 Å². The Hall–Kier alpha value is -4.48. The molecule has 0 spiro atoms. The summed E-state index contributed by atoms with van der Waals surface area (Å²) >= 11 is 2.28. The van der Waals surface area contributed by atoms with Gasteiger partial charge in [-0.15, -0.1) is 35.5 Å². The maximum absolute atomic E-state index is 13.1. The molecule has 216 valence electrons. The van der Waals surface area contributed by atoms with Gasteiger partial charge < -0.3 is 25.7 Å². The van der Waals surface area contributed by atoms with Crippen LogP contribution in [0.25, 0.3) is 0 Å². The van der Waals surface area contributed by atoms with Gasteiger partial charge in [-0.1, -0.05) is 17.8 Å². The molecule has 1 saturated heterocycles. The summed E-state index contributed by atoms with van der Waals surface area (Å²) in [7, 11) is 0. The number of esters is 1. The van der Waals surface area contributed by atoms with Crippen LogP contribution in [0.15, 0.2) is 58.7 Å². The number of nitro benzene ring substituents is 1. The first-order chi connectivity index (χ1) is 19.1. The molecule has 15 nitrogen and oxygen atoms in total. The molecule has 1 unspecified atom stereocenters.